The van der Waals surface area contributed by atoms with Crippen LogP contribution >= 0.6 is 0 Å². The highest BCUT2D eigenvalue weighted by molar-refractivity contribution is 5.85. The van der Waals surface area contributed by atoms with Gasteiger partial charge in [0.15, 0.2) is 11.5 Å². The maximum Gasteiger partial charge on any atom is 0.310 e. The third kappa shape index (κ3) is 4.14. The second kappa shape index (κ2) is 8.45. The molecule has 0 aliphatic carbocycles. The molecule has 3 aromatic carbocycles. The van der Waals surface area contributed by atoms with Gasteiger partial charge in [-0.3, -0.25) is 4.79 Å². The Bertz CT molecular complexity index is 918. The molecule has 0 saturated heterocycles. The van der Waals surface area contributed by atoms with Gasteiger partial charge in [-0.2, -0.15) is 0 Å². The SMILES string of the molecule is COc1cc(CC(=O)OCc2cccc3ccccc23)cc(OC)c1OC. The van der Waals surface area contributed by atoms with Crippen LogP contribution in [0.25, 0.3) is 10.8 Å². The third-order valence-electron chi connectivity index (χ3n) is 4.34. The molecule has 0 aromatic heterocycles. The summed E-state index contributed by atoms with van der Waals surface area (Å²) in [7, 11) is 4.62. The lowest BCUT2D eigenvalue weighted by atomic mass is 10.1. The van der Waals surface area contributed by atoms with E-state index in [9.17, 15) is 4.79 Å². The molecule has 3 aromatic rings. The zero-order valence-corrected chi connectivity index (χ0v) is 15.7. The van der Waals surface area contributed by atoms with Crippen LogP contribution in [-0.4, -0.2) is 27.3 Å². The van der Waals surface area contributed by atoms with Crippen LogP contribution in [0.4, 0.5) is 0 Å². The molecule has 0 heterocycles. The summed E-state index contributed by atoms with van der Waals surface area (Å²) >= 11 is 0. The Hall–Kier alpha value is -3.21. The van der Waals surface area contributed by atoms with E-state index < -0.39 is 0 Å². The Balaban J connectivity index is 1.72. The number of fused-ring (bicyclic) bond motifs is 1. The summed E-state index contributed by atoms with van der Waals surface area (Å²) in [5.74, 6) is 1.19. The quantitative estimate of drug-likeness (QED) is 0.588. The van der Waals surface area contributed by atoms with Crippen molar-refractivity contribution in [2.24, 2.45) is 0 Å². The maximum atomic E-state index is 12.3. The highest BCUT2D eigenvalue weighted by Gasteiger charge is 2.15. The van der Waals surface area contributed by atoms with Crippen LogP contribution in [0.5, 0.6) is 17.2 Å². The van der Waals surface area contributed by atoms with E-state index in [0.29, 0.717) is 17.2 Å². The zero-order chi connectivity index (χ0) is 19.2. The fourth-order valence-electron chi connectivity index (χ4n) is 3.03. The first-order valence-electron chi connectivity index (χ1n) is 8.57. The Kier molecular flexibility index (Phi) is 5.81. The Morgan fingerprint density at radius 3 is 2.19 bits per heavy atom. The van der Waals surface area contributed by atoms with Crippen LogP contribution in [-0.2, 0) is 22.6 Å². The van der Waals surface area contributed by atoms with Crippen molar-refractivity contribution in [2.45, 2.75) is 13.0 Å². The van der Waals surface area contributed by atoms with Crippen molar-refractivity contribution in [3.05, 3.63) is 65.7 Å². The summed E-state index contributed by atoms with van der Waals surface area (Å²) < 4.78 is 21.4. The largest absolute Gasteiger partial charge is 0.493 e. The molecule has 0 atom stereocenters. The maximum absolute atomic E-state index is 12.3. The average Bonchev–Trinajstić information content (AvgIpc) is 2.71. The van der Waals surface area contributed by atoms with Gasteiger partial charge in [-0.15, -0.1) is 0 Å². The highest BCUT2D eigenvalue weighted by Crippen LogP contribution is 2.38. The van der Waals surface area contributed by atoms with E-state index in [2.05, 4.69) is 0 Å². The van der Waals surface area contributed by atoms with E-state index in [1.807, 2.05) is 42.5 Å². The van der Waals surface area contributed by atoms with Gasteiger partial charge in [-0.1, -0.05) is 42.5 Å². The van der Waals surface area contributed by atoms with E-state index in [0.717, 1.165) is 21.9 Å². The van der Waals surface area contributed by atoms with Crippen LogP contribution in [0, 0.1) is 0 Å². The molecular formula is C22H22O5. The molecule has 27 heavy (non-hydrogen) atoms. The minimum absolute atomic E-state index is 0.113. The highest BCUT2D eigenvalue weighted by atomic mass is 16.5. The lowest BCUT2D eigenvalue weighted by Gasteiger charge is -2.14. The van der Waals surface area contributed by atoms with E-state index in [4.69, 9.17) is 18.9 Å². The molecule has 0 amide bonds. The molecule has 5 nitrogen and oxygen atoms in total. The van der Waals surface area contributed by atoms with E-state index in [1.54, 1.807) is 33.5 Å². The molecule has 0 spiro atoms. The number of esters is 1. The second-order valence-electron chi connectivity index (χ2n) is 6.01. The number of hydrogen-bond donors (Lipinski definition) is 0. The lowest BCUT2D eigenvalue weighted by Crippen LogP contribution is -2.09. The Morgan fingerprint density at radius 1 is 0.852 bits per heavy atom. The summed E-state index contributed by atoms with van der Waals surface area (Å²) in [5.41, 5.74) is 1.71. The second-order valence-corrected chi connectivity index (χ2v) is 6.01. The minimum atomic E-state index is -0.322. The molecule has 0 aliphatic heterocycles. The first-order valence-corrected chi connectivity index (χ1v) is 8.57. The summed E-state index contributed by atoms with van der Waals surface area (Å²) in [6, 6.07) is 17.5. The predicted molar refractivity (Wildman–Crippen MR) is 104 cm³/mol. The number of rotatable bonds is 7. The van der Waals surface area contributed by atoms with Crippen LogP contribution in [0.1, 0.15) is 11.1 Å². The van der Waals surface area contributed by atoms with Crippen molar-refractivity contribution in [3.8, 4) is 17.2 Å². The van der Waals surface area contributed by atoms with Crippen molar-refractivity contribution >= 4 is 16.7 Å². The molecular weight excluding hydrogens is 344 g/mol. The number of hydrogen-bond acceptors (Lipinski definition) is 5. The first-order chi connectivity index (χ1) is 13.2. The average molecular weight is 366 g/mol. The van der Waals surface area contributed by atoms with Gasteiger partial charge in [0.25, 0.3) is 0 Å². The van der Waals surface area contributed by atoms with Gasteiger partial charge >= 0.3 is 5.97 Å². The summed E-state index contributed by atoms with van der Waals surface area (Å²) in [4.78, 5) is 12.3. The number of ether oxygens (including phenoxy) is 4. The first kappa shape index (κ1) is 18.6. The molecule has 3 rings (SSSR count). The van der Waals surface area contributed by atoms with Crippen LogP contribution in [0.3, 0.4) is 0 Å². The van der Waals surface area contributed by atoms with Crippen LogP contribution in [0.15, 0.2) is 54.6 Å². The van der Waals surface area contributed by atoms with E-state index in [-0.39, 0.29) is 19.0 Å². The molecule has 0 saturated carbocycles. The van der Waals surface area contributed by atoms with Crippen molar-refractivity contribution in [2.75, 3.05) is 21.3 Å². The van der Waals surface area contributed by atoms with Crippen LogP contribution < -0.4 is 14.2 Å². The van der Waals surface area contributed by atoms with Crippen molar-refractivity contribution in [1.29, 1.82) is 0 Å². The van der Waals surface area contributed by atoms with Gasteiger partial charge in [-0.25, -0.2) is 0 Å². The molecule has 0 radical (unpaired) electrons. The van der Waals surface area contributed by atoms with Crippen molar-refractivity contribution in [1.82, 2.24) is 0 Å². The smallest absolute Gasteiger partial charge is 0.310 e. The van der Waals surface area contributed by atoms with Gasteiger partial charge in [0.2, 0.25) is 5.75 Å². The van der Waals surface area contributed by atoms with Gasteiger partial charge in [0, 0.05) is 0 Å². The molecule has 0 bridgehead atoms. The Morgan fingerprint density at radius 2 is 1.52 bits per heavy atom. The molecule has 5 heteroatoms. The van der Waals surface area contributed by atoms with Gasteiger partial charge in [-0.05, 0) is 34.0 Å². The number of carbonyl (C=O) groups is 1. The number of benzene rings is 3. The van der Waals surface area contributed by atoms with Crippen molar-refractivity contribution < 1.29 is 23.7 Å². The lowest BCUT2D eigenvalue weighted by molar-refractivity contribution is -0.144. The topological polar surface area (TPSA) is 54.0 Å². The summed E-state index contributed by atoms with van der Waals surface area (Å²) in [6.45, 7) is 0.227. The van der Waals surface area contributed by atoms with Crippen molar-refractivity contribution in [3.63, 3.8) is 0 Å². The molecule has 0 unspecified atom stereocenters. The van der Waals surface area contributed by atoms with E-state index >= 15 is 0 Å². The van der Waals surface area contributed by atoms with Crippen LogP contribution in [0.2, 0.25) is 0 Å². The third-order valence-corrected chi connectivity index (χ3v) is 4.34. The fraction of sp³-hybridized carbons (Fsp3) is 0.227. The molecule has 0 aliphatic rings. The fourth-order valence-corrected chi connectivity index (χ4v) is 3.03. The van der Waals surface area contributed by atoms with Gasteiger partial charge < -0.3 is 18.9 Å². The predicted octanol–water partition coefficient (Wildman–Crippen LogP) is 4.15. The summed E-state index contributed by atoms with van der Waals surface area (Å²) in [5, 5.41) is 2.20. The number of carbonyl (C=O) groups excluding carboxylic acids is 1. The monoisotopic (exact) mass is 366 g/mol. The Labute approximate surface area is 158 Å². The van der Waals surface area contributed by atoms with Gasteiger partial charge in [0.05, 0.1) is 27.8 Å². The number of methoxy groups -OCH3 is 3. The zero-order valence-electron chi connectivity index (χ0n) is 15.7. The minimum Gasteiger partial charge on any atom is -0.493 e. The van der Waals surface area contributed by atoms with Gasteiger partial charge in [0.1, 0.15) is 6.61 Å². The normalized spacial score (nSPS) is 10.5. The molecule has 0 N–H and O–H groups in total. The standard InChI is InChI=1S/C22H22O5/c1-24-19-11-15(12-20(25-2)22(19)26-3)13-21(23)27-14-17-9-6-8-16-7-4-5-10-18(16)17/h4-12H,13-14H2,1-3H3. The van der Waals surface area contributed by atoms with E-state index in [1.165, 1.54) is 0 Å². The molecule has 140 valence electrons. The summed E-state index contributed by atoms with van der Waals surface area (Å²) in [6.07, 6.45) is 0.113. The molecule has 0 fully saturated rings.